The van der Waals surface area contributed by atoms with Crippen molar-refractivity contribution in [2.75, 3.05) is 19.8 Å². The van der Waals surface area contributed by atoms with E-state index in [2.05, 4.69) is 5.32 Å². The molecule has 2 rings (SSSR count). The number of benzene rings is 2. The van der Waals surface area contributed by atoms with E-state index >= 15 is 0 Å². The van der Waals surface area contributed by atoms with Crippen LogP contribution in [0.2, 0.25) is 10.0 Å². The number of ether oxygens (including phenoxy) is 2. The summed E-state index contributed by atoms with van der Waals surface area (Å²) in [6.07, 6.45) is 1.51. The Labute approximate surface area is 212 Å². The normalized spacial score (nSPS) is 11.6. The molecule has 0 spiro atoms. The molecule has 6 nitrogen and oxygen atoms in total. The summed E-state index contributed by atoms with van der Waals surface area (Å²) in [4.78, 5) is 27.6. The second-order valence-electron chi connectivity index (χ2n) is 7.84. The van der Waals surface area contributed by atoms with Gasteiger partial charge in [0.15, 0.2) is 11.5 Å². The van der Waals surface area contributed by atoms with Crippen LogP contribution in [0.15, 0.2) is 36.4 Å². The van der Waals surface area contributed by atoms with Gasteiger partial charge in [-0.15, -0.1) is 0 Å². The highest BCUT2D eigenvalue weighted by molar-refractivity contribution is 6.36. The average Bonchev–Trinajstić information content (AvgIpc) is 2.82. The summed E-state index contributed by atoms with van der Waals surface area (Å²) in [5.74, 6) is 0.956. The van der Waals surface area contributed by atoms with Crippen LogP contribution in [0.5, 0.6) is 11.5 Å². The lowest BCUT2D eigenvalue weighted by Crippen LogP contribution is -2.47. The van der Waals surface area contributed by atoms with E-state index < -0.39 is 6.04 Å². The van der Waals surface area contributed by atoms with E-state index in [1.54, 1.807) is 25.1 Å². The van der Waals surface area contributed by atoms with Gasteiger partial charge in [0.1, 0.15) is 6.04 Å². The van der Waals surface area contributed by atoms with Crippen LogP contribution in [0.1, 0.15) is 51.7 Å². The summed E-state index contributed by atoms with van der Waals surface area (Å²) < 4.78 is 11.3. The van der Waals surface area contributed by atoms with E-state index in [9.17, 15) is 9.59 Å². The lowest BCUT2D eigenvalue weighted by Gasteiger charge is -2.29. The van der Waals surface area contributed by atoms with Gasteiger partial charge < -0.3 is 19.7 Å². The average molecular weight is 509 g/mol. The van der Waals surface area contributed by atoms with Gasteiger partial charge >= 0.3 is 0 Å². The molecule has 1 atom stereocenters. The third-order valence-corrected chi connectivity index (χ3v) is 6.05. The van der Waals surface area contributed by atoms with Gasteiger partial charge in [-0.05, 0) is 63.4 Å². The van der Waals surface area contributed by atoms with E-state index in [0.717, 1.165) is 12.0 Å². The molecular formula is C26H34Cl2N2O4. The van der Waals surface area contributed by atoms with Crippen LogP contribution in [-0.4, -0.2) is 42.5 Å². The predicted molar refractivity (Wildman–Crippen MR) is 137 cm³/mol. The molecule has 1 N–H and O–H groups in total. The number of hydrogen-bond acceptors (Lipinski definition) is 4. The van der Waals surface area contributed by atoms with Crippen molar-refractivity contribution < 1.29 is 19.1 Å². The first-order chi connectivity index (χ1) is 16.3. The van der Waals surface area contributed by atoms with Crippen molar-refractivity contribution in [3.05, 3.63) is 57.6 Å². The van der Waals surface area contributed by atoms with Crippen LogP contribution in [0.25, 0.3) is 0 Å². The Morgan fingerprint density at radius 1 is 1.00 bits per heavy atom. The summed E-state index contributed by atoms with van der Waals surface area (Å²) >= 11 is 12.7. The van der Waals surface area contributed by atoms with E-state index in [1.807, 2.05) is 39.0 Å². The smallest absolute Gasteiger partial charge is 0.242 e. The second-order valence-corrected chi connectivity index (χ2v) is 8.65. The highest BCUT2D eigenvalue weighted by Crippen LogP contribution is 2.30. The third-order valence-electron chi connectivity index (χ3n) is 5.34. The van der Waals surface area contributed by atoms with Gasteiger partial charge in [-0.25, -0.2) is 0 Å². The molecule has 0 aliphatic rings. The molecular weight excluding hydrogens is 475 g/mol. The van der Waals surface area contributed by atoms with Crippen molar-refractivity contribution in [2.24, 2.45) is 0 Å². The minimum absolute atomic E-state index is 0.144. The largest absolute Gasteiger partial charge is 0.490 e. The molecule has 0 heterocycles. The number of hydrogen-bond donors (Lipinski definition) is 1. The Bertz CT molecular complexity index is 948. The van der Waals surface area contributed by atoms with Gasteiger partial charge in [-0.1, -0.05) is 42.3 Å². The fourth-order valence-electron chi connectivity index (χ4n) is 3.48. The van der Waals surface area contributed by atoms with E-state index in [0.29, 0.717) is 53.3 Å². The number of nitrogens with one attached hydrogen (secondary N) is 1. The van der Waals surface area contributed by atoms with Crippen molar-refractivity contribution in [3.8, 4) is 11.5 Å². The van der Waals surface area contributed by atoms with Crippen molar-refractivity contribution in [1.82, 2.24) is 10.2 Å². The molecule has 0 aliphatic carbocycles. The first-order valence-electron chi connectivity index (χ1n) is 11.7. The summed E-state index contributed by atoms with van der Waals surface area (Å²) in [5, 5.41) is 3.78. The van der Waals surface area contributed by atoms with Crippen molar-refractivity contribution >= 4 is 35.0 Å². The summed E-state index contributed by atoms with van der Waals surface area (Å²) in [5.41, 5.74) is 1.56. The maximum atomic E-state index is 13.3. The SMILES string of the molecule is CCCNC(=O)[C@@H](C)N(Cc1c(Cl)cccc1Cl)C(=O)CCc1ccc(OCC)c(OCC)c1. The number of carbonyl (C=O) groups excluding carboxylic acids is 2. The predicted octanol–water partition coefficient (Wildman–Crippen LogP) is 5.67. The lowest BCUT2D eigenvalue weighted by molar-refractivity contribution is -0.140. The molecule has 0 bridgehead atoms. The Hall–Kier alpha value is -2.44. The Kier molecular flexibility index (Phi) is 11.5. The summed E-state index contributed by atoms with van der Waals surface area (Å²) in [7, 11) is 0. The molecule has 34 heavy (non-hydrogen) atoms. The van der Waals surface area contributed by atoms with Crippen LogP contribution >= 0.6 is 23.2 Å². The topological polar surface area (TPSA) is 67.9 Å². The van der Waals surface area contributed by atoms with Crippen molar-refractivity contribution in [3.63, 3.8) is 0 Å². The minimum Gasteiger partial charge on any atom is -0.490 e. The van der Waals surface area contributed by atoms with Gasteiger partial charge in [-0.2, -0.15) is 0 Å². The monoisotopic (exact) mass is 508 g/mol. The van der Waals surface area contributed by atoms with Crippen LogP contribution in [-0.2, 0) is 22.6 Å². The van der Waals surface area contributed by atoms with E-state index in [1.165, 1.54) is 4.90 Å². The standard InChI is InChI=1S/C26H34Cl2N2O4/c1-5-15-29-26(32)18(4)30(17-20-21(27)9-8-10-22(20)28)25(31)14-12-19-11-13-23(33-6-2)24(16-19)34-7-3/h8-11,13,16,18H,5-7,12,14-15,17H2,1-4H3,(H,29,32)/t18-/m1/s1. The van der Waals surface area contributed by atoms with Crippen LogP contribution in [0.4, 0.5) is 0 Å². The Balaban J connectivity index is 2.22. The van der Waals surface area contributed by atoms with Gasteiger partial charge in [0.25, 0.3) is 0 Å². The number of rotatable bonds is 13. The Morgan fingerprint density at radius 2 is 1.65 bits per heavy atom. The van der Waals surface area contributed by atoms with E-state index in [4.69, 9.17) is 32.7 Å². The molecule has 8 heteroatoms. The molecule has 2 amide bonds. The number of amides is 2. The quantitative estimate of drug-likeness (QED) is 0.378. The minimum atomic E-state index is -0.675. The van der Waals surface area contributed by atoms with Gasteiger partial charge in [0.2, 0.25) is 11.8 Å². The molecule has 0 radical (unpaired) electrons. The zero-order valence-corrected chi connectivity index (χ0v) is 21.8. The first-order valence-corrected chi connectivity index (χ1v) is 12.5. The van der Waals surface area contributed by atoms with Crippen molar-refractivity contribution in [1.29, 1.82) is 0 Å². The number of halogens is 2. The van der Waals surface area contributed by atoms with E-state index in [-0.39, 0.29) is 24.8 Å². The fraction of sp³-hybridized carbons (Fsp3) is 0.462. The number of carbonyl (C=O) groups is 2. The zero-order valence-electron chi connectivity index (χ0n) is 20.3. The molecule has 0 fully saturated rings. The van der Waals surface area contributed by atoms with Gasteiger partial charge in [0.05, 0.1) is 13.2 Å². The fourth-order valence-corrected chi connectivity index (χ4v) is 4.00. The zero-order chi connectivity index (χ0) is 25.1. The third kappa shape index (κ3) is 7.81. The number of nitrogens with zero attached hydrogens (tertiary/aromatic N) is 1. The number of aryl methyl sites for hydroxylation is 1. The molecule has 0 saturated carbocycles. The maximum Gasteiger partial charge on any atom is 0.242 e. The summed E-state index contributed by atoms with van der Waals surface area (Å²) in [6.45, 7) is 9.27. The highest BCUT2D eigenvalue weighted by Gasteiger charge is 2.27. The molecule has 0 unspecified atom stereocenters. The first kappa shape index (κ1) is 27.8. The molecule has 0 aromatic heterocycles. The molecule has 2 aromatic carbocycles. The molecule has 186 valence electrons. The van der Waals surface area contributed by atoms with Gasteiger partial charge in [0, 0.05) is 35.1 Å². The second kappa shape index (κ2) is 14.1. The summed E-state index contributed by atoms with van der Waals surface area (Å²) in [6, 6.07) is 10.2. The highest BCUT2D eigenvalue weighted by atomic mass is 35.5. The van der Waals surface area contributed by atoms with Crippen LogP contribution in [0, 0.1) is 0 Å². The molecule has 2 aromatic rings. The molecule has 0 aliphatic heterocycles. The van der Waals surface area contributed by atoms with Crippen molar-refractivity contribution in [2.45, 2.75) is 59.5 Å². The maximum absolute atomic E-state index is 13.3. The Morgan fingerprint density at radius 3 is 2.26 bits per heavy atom. The lowest BCUT2D eigenvalue weighted by atomic mass is 10.1. The molecule has 0 saturated heterocycles. The van der Waals surface area contributed by atoms with Crippen LogP contribution in [0.3, 0.4) is 0 Å². The van der Waals surface area contributed by atoms with Gasteiger partial charge in [-0.3, -0.25) is 9.59 Å². The van der Waals surface area contributed by atoms with Crippen LogP contribution < -0.4 is 14.8 Å².